The van der Waals surface area contributed by atoms with Gasteiger partial charge >= 0.3 is 0 Å². The molecule has 1 N–H and O–H groups in total. The SMILES string of the molecule is O=C1CC(c2c[nH]c3ccc4c(c23)C=CCO4)C(=O)N1Cc1ccccc1. The molecule has 1 unspecified atom stereocenters. The Bertz CT molecular complexity index is 1080. The predicted molar refractivity (Wildman–Crippen MR) is 102 cm³/mol. The highest BCUT2D eigenvalue weighted by atomic mass is 16.5. The number of rotatable bonds is 3. The van der Waals surface area contributed by atoms with Gasteiger partial charge in [0.1, 0.15) is 12.4 Å². The van der Waals surface area contributed by atoms with E-state index in [0.717, 1.165) is 33.3 Å². The summed E-state index contributed by atoms with van der Waals surface area (Å²) in [6.07, 6.45) is 6.05. The van der Waals surface area contributed by atoms with Gasteiger partial charge in [0.25, 0.3) is 0 Å². The Morgan fingerprint density at radius 3 is 2.81 bits per heavy atom. The molecule has 1 atom stereocenters. The first kappa shape index (κ1) is 15.9. The van der Waals surface area contributed by atoms with Crippen LogP contribution in [0.1, 0.15) is 29.0 Å². The van der Waals surface area contributed by atoms with E-state index in [0.29, 0.717) is 13.2 Å². The van der Waals surface area contributed by atoms with Crippen molar-refractivity contribution in [3.8, 4) is 5.75 Å². The molecule has 2 aliphatic heterocycles. The van der Waals surface area contributed by atoms with Gasteiger partial charge in [-0.1, -0.05) is 36.4 Å². The molecule has 0 saturated carbocycles. The molecule has 0 bridgehead atoms. The normalized spacial score (nSPS) is 18.8. The zero-order valence-corrected chi connectivity index (χ0v) is 14.6. The first-order chi connectivity index (χ1) is 13.2. The number of carbonyl (C=O) groups excluding carboxylic acids is 2. The Labute approximate surface area is 156 Å². The number of amides is 2. The highest BCUT2D eigenvalue weighted by Gasteiger charge is 2.40. The summed E-state index contributed by atoms with van der Waals surface area (Å²) in [6, 6.07) is 13.5. The van der Waals surface area contributed by atoms with Gasteiger partial charge < -0.3 is 9.72 Å². The van der Waals surface area contributed by atoms with Crippen molar-refractivity contribution in [1.29, 1.82) is 0 Å². The van der Waals surface area contributed by atoms with Gasteiger partial charge in [-0.15, -0.1) is 0 Å². The van der Waals surface area contributed by atoms with Gasteiger partial charge in [0.2, 0.25) is 11.8 Å². The molecule has 0 aliphatic carbocycles. The van der Waals surface area contributed by atoms with Crippen LogP contribution in [-0.2, 0) is 16.1 Å². The number of H-pyrrole nitrogens is 1. The summed E-state index contributed by atoms with van der Waals surface area (Å²) in [5.74, 6) is 0.0865. The third-order valence-electron chi connectivity index (χ3n) is 5.30. The van der Waals surface area contributed by atoms with E-state index in [2.05, 4.69) is 4.98 Å². The van der Waals surface area contributed by atoms with Crippen molar-refractivity contribution in [2.24, 2.45) is 0 Å². The molecule has 5 heteroatoms. The van der Waals surface area contributed by atoms with E-state index in [9.17, 15) is 9.59 Å². The Balaban J connectivity index is 1.53. The average molecular weight is 358 g/mol. The third-order valence-corrected chi connectivity index (χ3v) is 5.30. The van der Waals surface area contributed by atoms with Crippen LogP contribution < -0.4 is 4.74 Å². The van der Waals surface area contributed by atoms with Gasteiger partial charge in [-0.05, 0) is 29.3 Å². The number of nitrogens with one attached hydrogen (secondary N) is 1. The van der Waals surface area contributed by atoms with Crippen molar-refractivity contribution in [1.82, 2.24) is 9.88 Å². The van der Waals surface area contributed by atoms with Gasteiger partial charge in [-0.25, -0.2) is 0 Å². The molecular weight excluding hydrogens is 340 g/mol. The van der Waals surface area contributed by atoms with Gasteiger partial charge in [0, 0.05) is 29.1 Å². The molecule has 1 aromatic heterocycles. The van der Waals surface area contributed by atoms with E-state index in [4.69, 9.17) is 4.74 Å². The quantitative estimate of drug-likeness (QED) is 0.728. The number of hydrogen-bond donors (Lipinski definition) is 1. The zero-order valence-electron chi connectivity index (χ0n) is 14.6. The summed E-state index contributed by atoms with van der Waals surface area (Å²) in [4.78, 5) is 30.3. The Hall–Kier alpha value is -3.34. The van der Waals surface area contributed by atoms with Crippen molar-refractivity contribution in [3.63, 3.8) is 0 Å². The second-order valence-corrected chi connectivity index (χ2v) is 6.92. The first-order valence-corrected chi connectivity index (χ1v) is 9.04. The van der Waals surface area contributed by atoms with Crippen molar-refractivity contribution in [3.05, 3.63) is 71.4 Å². The van der Waals surface area contributed by atoms with Crippen LogP contribution >= 0.6 is 0 Å². The molecule has 5 rings (SSSR count). The third kappa shape index (κ3) is 2.54. The lowest BCUT2D eigenvalue weighted by Crippen LogP contribution is -2.29. The number of benzene rings is 2. The lowest BCUT2D eigenvalue weighted by Gasteiger charge is -2.16. The molecule has 2 amide bonds. The van der Waals surface area contributed by atoms with Crippen LogP contribution in [0.2, 0.25) is 0 Å². The van der Waals surface area contributed by atoms with E-state index in [1.807, 2.05) is 60.8 Å². The fraction of sp³-hybridized carbons (Fsp3) is 0.182. The van der Waals surface area contributed by atoms with Gasteiger partial charge in [-0.2, -0.15) is 0 Å². The van der Waals surface area contributed by atoms with Crippen molar-refractivity contribution in [2.75, 3.05) is 6.61 Å². The number of aromatic nitrogens is 1. The predicted octanol–water partition coefficient (Wildman–Crippen LogP) is 3.62. The number of carbonyl (C=O) groups is 2. The monoisotopic (exact) mass is 358 g/mol. The van der Waals surface area contributed by atoms with Crippen LogP contribution in [-0.4, -0.2) is 28.3 Å². The van der Waals surface area contributed by atoms with E-state index in [1.54, 1.807) is 0 Å². The van der Waals surface area contributed by atoms with E-state index in [-0.39, 0.29) is 18.2 Å². The number of hydrogen-bond acceptors (Lipinski definition) is 3. The molecule has 0 spiro atoms. The van der Waals surface area contributed by atoms with Crippen LogP contribution in [0.25, 0.3) is 17.0 Å². The van der Waals surface area contributed by atoms with Crippen LogP contribution in [0.15, 0.2) is 54.7 Å². The number of aromatic amines is 1. The standard InChI is InChI=1S/C22H18N2O3/c25-20-11-16(22(26)24(20)13-14-5-2-1-3-6-14)17-12-23-18-8-9-19-15(21(17)18)7-4-10-27-19/h1-9,12,16,23H,10-11,13H2. The second-order valence-electron chi connectivity index (χ2n) is 6.92. The summed E-state index contributed by atoms with van der Waals surface area (Å²) >= 11 is 0. The largest absolute Gasteiger partial charge is 0.489 e. The summed E-state index contributed by atoms with van der Waals surface area (Å²) in [6.45, 7) is 0.864. The van der Waals surface area contributed by atoms with Crippen LogP contribution in [0, 0.1) is 0 Å². The molecule has 1 saturated heterocycles. The zero-order chi connectivity index (χ0) is 18.4. The van der Waals surface area contributed by atoms with Crippen molar-refractivity contribution >= 4 is 28.8 Å². The molecule has 0 radical (unpaired) electrons. The number of likely N-dealkylation sites (tertiary alicyclic amines) is 1. The maximum absolute atomic E-state index is 13.1. The minimum absolute atomic E-state index is 0.125. The average Bonchev–Trinajstić information content (AvgIpc) is 3.25. The lowest BCUT2D eigenvalue weighted by atomic mass is 9.93. The highest BCUT2D eigenvalue weighted by molar-refractivity contribution is 6.09. The molecule has 27 heavy (non-hydrogen) atoms. The maximum Gasteiger partial charge on any atom is 0.237 e. The Morgan fingerprint density at radius 2 is 1.96 bits per heavy atom. The van der Waals surface area contributed by atoms with Gasteiger partial charge in [0.15, 0.2) is 0 Å². The summed E-state index contributed by atoms with van der Waals surface area (Å²) in [5, 5.41) is 0.969. The van der Waals surface area contributed by atoms with Crippen LogP contribution in [0.3, 0.4) is 0 Å². The van der Waals surface area contributed by atoms with E-state index >= 15 is 0 Å². The number of nitrogens with zero attached hydrogens (tertiary/aromatic N) is 1. The maximum atomic E-state index is 13.1. The molecule has 2 aromatic carbocycles. The minimum atomic E-state index is -0.461. The second kappa shape index (κ2) is 6.13. The van der Waals surface area contributed by atoms with E-state index < -0.39 is 5.92 Å². The smallest absolute Gasteiger partial charge is 0.237 e. The van der Waals surface area contributed by atoms with Gasteiger partial charge in [-0.3, -0.25) is 14.5 Å². The molecule has 134 valence electrons. The number of imide groups is 1. The fourth-order valence-corrected chi connectivity index (χ4v) is 3.99. The molecular formula is C22H18N2O3. The van der Waals surface area contributed by atoms with E-state index in [1.165, 1.54) is 4.90 Å². The Morgan fingerprint density at radius 1 is 1.11 bits per heavy atom. The van der Waals surface area contributed by atoms with Crippen LogP contribution in [0.5, 0.6) is 5.75 Å². The highest BCUT2D eigenvalue weighted by Crippen LogP contribution is 2.40. The first-order valence-electron chi connectivity index (χ1n) is 9.04. The van der Waals surface area contributed by atoms with Gasteiger partial charge in [0.05, 0.1) is 12.5 Å². The fourth-order valence-electron chi connectivity index (χ4n) is 3.99. The lowest BCUT2D eigenvalue weighted by molar-refractivity contribution is -0.139. The summed E-state index contributed by atoms with van der Waals surface area (Å²) < 4.78 is 5.70. The molecule has 1 fully saturated rings. The van der Waals surface area contributed by atoms with Crippen molar-refractivity contribution in [2.45, 2.75) is 18.9 Å². The molecule has 5 nitrogen and oxygen atoms in total. The number of fused-ring (bicyclic) bond motifs is 3. The molecule has 3 aromatic rings. The number of ether oxygens (including phenoxy) is 1. The Kier molecular flexibility index (Phi) is 3.60. The summed E-state index contributed by atoms with van der Waals surface area (Å²) in [5.41, 5.74) is 3.73. The van der Waals surface area contributed by atoms with Crippen molar-refractivity contribution < 1.29 is 14.3 Å². The minimum Gasteiger partial charge on any atom is -0.489 e. The molecule has 3 heterocycles. The topological polar surface area (TPSA) is 62.4 Å². The summed E-state index contributed by atoms with van der Waals surface area (Å²) in [7, 11) is 0. The van der Waals surface area contributed by atoms with Crippen LogP contribution in [0.4, 0.5) is 0 Å². The molecule has 2 aliphatic rings.